The number of rotatable bonds is 3. The number of hydrogen-bond acceptors (Lipinski definition) is 3. The van der Waals surface area contributed by atoms with Gasteiger partial charge in [0.2, 0.25) is 0 Å². The van der Waals surface area contributed by atoms with Gasteiger partial charge in [0.05, 0.1) is 23.8 Å². The van der Waals surface area contributed by atoms with Gasteiger partial charge in [-0.2, -0.15) is 5.26 Å². The number of ether oxygens (including phenoxy) is 1. The first-order chi connectivity index (χ1) is 9.19. The number of urea groups is 1. The van der Waals surface area contributed by atoms with Gasteiger partial charge in [0, 0.05) is 12.3 Å². The van der Waals surface area contributed by atoms with Crippen LogP contribution in [0.2, 0.25) is 0 Å². The molecule has 1 aliphatic rings. The van der Waals surface area contributed by atoms with E-state index >= 15 is 0 Å². The molecule has 0 bridgehead atoms. The Labute approximate surface area is 112 Å². The molecule has 1 aliphatic heterocycles. The third kappa shape index (κ3) is 3.70. The summed E-state index contributed by atoms with van der Waals surface area (Å²) in [5.74, 6) is 0. The van der Waals surface area contributed by atoms with Gasteiger partial charge in [-0.3, -0.25) is 0 Å². The van der Waals surface area contributed by atoms with Crippen LogP contribution >= 0.6 is 0 Å². The fourth-order valence-corrected chi connectivity index (χ4v) is 2.09. The molecular weight excluding hydrogens is 242 g/mol. The van der Waals surface area contributed by atoms with Crippen molar-refractivity contribution in [2.75, 3.05) is 11.9 Å². The highest BCUT2D eigenvalue weighted by Crippen LogP contribution is 2.15. The fraction of sp³-hybridized carbons (Fsp3) is 0.429. The maximum Gasteiger partial charge on any atom is 0.319 e. The Bertz CT molecular complexity index is 472. The van der Waals surface area contributed by atoms with Gasteiger partial charge in [0.25, 0.3) is 0 Å². The number of carbonyl (C=O) groups is 1. The standard InChI is InChI=1S/C14H17N3O2/c1-10(13-3-2-8-19-13)16-14(18)17-12-6-4-11(9-15)5-7-12/h4-7,10,13H,2-3,8H2,1H3,(H2,16,17,18). The third-order valence-corrected chi connectivity index (χ3v) is 3.15. The zero-order chi connectivity index (χ0) is 13.7. The fourth-order valence-electron chi connectivity index (χ4n) is 2.09. The number of carbonyl (C=O) groups excluding carboxylic acids is 1. The van der Waals surface area contributed by atoms with Gasteiger partial charge in [0.15, 0.2) is 0 Å². The SMILES string of the molecule is CC(NC(=O)Nc1ccc(C#N)cc1)C1CCCO1. The van der Waals surface area contributed by atoms with Crippen molar-refractivity contribution in [3.63, 3.8) is 0 Å². The molecule has 2 N–H and O–H groups in total. The summed E-state index contributed by atoms with van der Waals surface area (Å²) in [7, 11) is 0. The Morgan fingerprint density at radius 3 is 2.79 bits per heavy atom. The maximum atomic E-state index is 11.8. The van der Waals surface area contributed by atoms with Crippen LogP contribution in [-0.4, -0.2) is 24.8 Å². The highest BCUT2D eigenvalue weighted by Gasteiger charge is 2.23. The average molecular weight is 259 g/mol. The van der Waals surface area contributed by atoms with E-state index in [1.807, 2.05) is 13.0 Å². The van der Waals surface area contributed by atoms with Crippen molar-refractivity contribution in [1.82, 2.24) is 5.32 Å². The topological polar surface area (TPSA) is 74.2 Å². The van der Waals surface area contributed by atoms with E-state index in [1.54, 1.807) is 24.3 Å². The van der Waals surface area contributed by atoms with Crippen LogP contribution in [0.25, 0.3) is 0 Å². The van der Waals surface area contributed by atoms with Gasteiger partial charge in [-0.1, -0.05) is 0 Å². The average Bonchev–Trinajstić information content (AvgIpc) is 2.93. The minimum absolute atomic E-state index is 0.0131. The van der Waals surface area contributed by atoms with E-state index in [4.69, 9.17) is 10.00 Å². The number of benzene rings is 1. The highest BCUT2D eigenvalue weighted by molar-refractivity contribution is 5.89. The number of anilines is 1. The second kappa shape index (κ2) is 6.21. The predicted octanol–water partition coefficient (Wildman–Crippen LogP) is 2.25. The van der Waals surface area contributed by atoms with Crippen LogP contribution in [0.15, 0.2) is 24.3 Å². The molecule has 0 aromatic heterocycles. The molecule has 1 heterocycles. The monoisotopic (exact) mass is 259 g/mol. The first-order valence-corrected chi connectivity index (χ1v) is 6.38. The van der Waals surface area contributed by atoms with Crippen LogP contribution in [0.1, 0.15) is 25.3 Å². The van der Waals surface area contributed by atoms with Gasteiger partial charge in [-0.05, 0) is 44.0 Å². The van der Waals surface area contributed by atoms with E-state index in [-0.39, 0.29) is 18.2 Å². The van der Waals surface area contributed by atoms with Gasteiger partial charge in [0.1, 0.15) is 0 Å². The van der Waals surface area contributed by atoms with Crippen molar-refractivity contribution in [3.05, 3.63) is 29.8 Å². The molecule has 100 valence electrons. The molecule has 5 heteroatoms. The Morgan fingerprint density at radius 2 is 2.21 bits per heavy atom. The quantitative estimate of drug-likeness (QED) is 0.874. The van der Waals surface area contributed by atoms with Crippen LogP contribution in [0, 0.1) is 11.3 Å². The molecule has 1 saturated heterocycles. The zero-order valence-electron chi connectivity index (χ0n) is 10.8. The van der Waals surface area contributed by atoms with E-state index in [0.29, 0.717) is 11.3 Å². The summed E-state index contributed by atoms with van der Waals surface area (Å²) in [5, 5.41) is 14.3. The molecule has 0 radical (unpaired) electrons. The summed E-state index contributed by atoms with van der Waals surface area (Å²) in [5.41, 5.74) is 1.23. The van der Waals surface area contributed by atoms with Crippen molar-refractivity contribution < 1.29 is 9.53 Å². The minimum Gasteiger partial charge on any atom is -0.376 e. The van der Waals surface area contributed by atoms with Crippen LogP contribution in [0.3, 0.4) is 0 Å². The Hall–Kier alpha value is -2.06. The van der Waals surface area contributed by atoms with E-state index in [1.165, 1.54) is 0 Å². The first kappa shape index (κ1) is 13.4. The van der Waals surface area contributed by atoms with Crippen LogP contribution in [0.5, 0.6) is 0 Å². The highest BCUT2D eigenvalue weighted by atomic mass is 16.5. The summed E-state index contributed by atoms with van der Waals surface area (Å²) in [6.07, 6.45) is 2.14. The predicted molar refractivity (Wildman–Crippen MR) is 71.7 cm³/mol. The van der Waals surface area contributed by atoms with Crippen molar-refractivity contribution in [2.24, 2.45) is 0 Å². The molecular formula is C14H17N3O2. The maximum absolute atomic E-state index is 11.8. The van der Waals surface area contributed by atoms with E-state index in [9.17, 15) is 4.79 Å². The van der Waals surface area contributed by atoms with Gasteiger partial charge in [-0.25, -0.2) is 4.79 Å². The summed E-state index contributed by atoms with van der Waals surface area (Å²) in [4.78, 5) is 11.8. The van der Waals surface area contributed by atoms with Crippen molar-refractivity contribution >= 4 is 11.7 Å². The number of nitriles is 1. The number of nitrogens with zero attached hydrogens (tertiary/aromatic N) is 1. The van der Waals surface area contributed by atoms with Crippen molar-refractivity contribution in [1.29, 1.82) is 5.26 Å². The molecule has 0 saturated carbocycles. The minimum atomic E-state index is -0.257. The smallest absolute Gasteiger partial charge is 0.319 e. The molecule has 19 heavy (non-hydrogen) atoms. The van der Waals surface area contributed by atoms with Gasteiger partial charge < -0.3 is 15.4 Å². The molecule has 0 aliphatic carbocycles. The number of hydrogen-bond donors (Lipinski definition) is 2. The van der Waals surface area contributed by atoms with Crippen LogP contribution in [0.4, 0.5) is 10.5 Å². The lowest BCUT2D eigenvalue weighted by molar-refractivity contribution is 0.0868. The van der Waals surface area contributed by atoms with E-state index < -0.39 is 0 Å². The molecule has 2 unspecified atom stereocenters. The lowest BCUT2D eigenvalue weighted by atomic mass is 10.1. The second-order valence-corrected chi connectivity index (χ2v) is 4.63. The Balaban J connectivity index is 1.84. The van der Waals surface area contributed by atoms with E-state index in [2.05, 4.69) is 10.6 Å². The Morgan fingerprint density at radius 1 is 1.47 bits per heavy atom. The molecule has 2 rings (SSSR count). The summed E-state index contributed by atoms with van der Waals surface area (Å²) < 4.78 is 5.52. The van der Waals surface area contributed by atoms with Crippen LogP contribution < -0.4 is 10.6 Å². The van der Waals surface area contributed by atoms with Crippen LogP contribution in [-0.2, 0) is 4.74 Å². The number of amides is 2. The number of nitrogens with one attached hydrogen (secondary N) is 2. The van der Waals surface area contributed by atoms with Gasteiger partial charge in [-0.15, -0.1) is 0 Å². The molecule has 1 fully saturated rings. The molecule has 2 atom stereocenters. The first-order valence-electron chi connectivity index (χ1n) is 6.38. The molecule has 2 amide bonds. The second-order valence-electron chi connectivity index (χ2n) is 4.63. The third-order valence-electron chi connectivity index (χ3n) is 3.15. The van der Waals surface area contributed by atoms with Gasteiger partial charge >= 0.3 is 6.03 Å². The van der Waals surface area contributed by atoms with Crippen molar-refractivity contribution in [2.45, 2.75) is 31.9 Å². The largest absolute Gasteiger partial charge is 0.376 e. The summed E-state index contributed by atoms with van der Waals surface area (Å²) in [6, 6.07) is 8.50. The molecule has 5 nitrogen and oxygen atoms in total. The molecule has 1 aromatic carbocycles. The summed E-state index contributed by atoms with van der Waals surface area (Å²) in [6.45, 7) is 2.71. The Kier molecular flexibility index (Phi) is 4.37. The normalized spacial score (nSPS) is 19.5. The van der Waals surface area contributed by atoms with E-state index in [0.717, 1.165) is 19.4 Å². The molecule has 1 aromatic rings. The summed E-state index contributed by atoms with van der Waals surface area (Å²) >= 11 is 0. The molecule has 0 spiro atoms. The lowest BCUT2D eigenvalue weighted by Crippen LogP contribution is -2.42. The zero-order valence-corrected chi connectivity index (χ0v) is 10.8. The lowest BCUT2D eigenvalue weighted by Gasteiger charge is -2.20. The van der Waals surface area contributed by atoms with Crippen molar-refractivity contribution in [3.8, 4) is 6.07 Å².